The van der Waals surface area contributed by atoms with E-state index in [0.29, 0.717) is 5.92 Å². The van der Waals surface area contributed by atoms with Crippen molar-refractivity contribution in [1.29, 1.82) is 0 Å². The molecule has 0 saturated heterocycles. The van der Waals surface area contributed by atoms with E-state index in [-0.39, 0.29) is 0 Å². The topological polar surface area (TPSA) is 0 Å². The Labute approximate surface area is 113 Å². The Morgan fingerprint density at radius 3 is 2.56 bits per heavy atom. The van der Waals surface area contributed by atoms with Gasteiger partial charge in [0.05, 0.1) is 0 Å². The van der Waals surface area contributed by atoms with Crippen molar-refractivity contribution in [1.82, 2.24) is 0 Å². The van der Waals surface area contributed by atoms with Crippen LogP contribution in [0.4, 0.5) is 0 Å². The summed E-state index contributed by atoms with van der Waals surface area (Å²) in [5, 5.41) is 1.96. The lowest BCUT2D eigenvalue weighted by atomic mass is 9.90. The molecule has 2 heteroatoms. The van der Waals surface area contributed by atoms with Crippen LogP contribution in [0.3, 0.4) is 0 Å². The molecule has 0 fully saturated rings. The SMILES string of the molecule is CCC(C)CC(CBr)Cc1ccccc1Cl. The maximum absolute atomic E-state index is 6.18. The van der Waals surface area contributed by atoms with Gasteiger partial charge >= 0.3 is 0 Å². The molecule has 1 aromatic carbocycles. The molecule has 0 spiro atoms. The molecule has 1 aromatic rings. The molecule has 90 valence electrons. The Morgan fingerprint density at radius 1 is 1.31 bits per heavy atom. The van der Waals surface area contributed by atoms with Crippen LogP contribution in [-0.4, -0.2) is 5.33 Å². The third-order valence-corrected chi connectivity index (χ3v) is 4.40. The first-order chi connectivity index (χ1) is 7.67. The standard InChI is InChI=1S/C14H20BrCl/c1-3-11(2)8-12(10-15)9-13-6-4-5-7-14(13)16/h4-7,11-12H,3,8-10H2,1-2H3. The Hall–Kier alpha value is -0.0100. The molecule has 0 heterocycles. The van der Waals surface area contributed by atoms with E-state index in [9.17, 15) is 0 Å². The number of alkyl halides is 1. The van der Waals surface area contributed by atoms with Crippen LogP contribution in [0.2, 0.25) is 5.02 Å². The van der Waals surface area contributed by atoms with Gasteiger partial charge in [0.1, 0.15) is 0 Å². The van der Waals surface area contributed by atoms with Crippen molar-refractivity contribution in [2.24, 2.45) is 11.8 Å². The molecule has 0 nitrogen and oxygen atoms in total. The summed E-state index contributed by atoms with van der Waals surface area (Å²) in [5.41, 5.74) is 1.27. The second-order valence-electron chi connectivity index (χ2n) is 4.56. The van der Waals surface area contributed by atoms with Crippen molar-refractivity contribution < 1.29 is 0 Å². The lowest BCUT2D eigenvalue weighted by molar-refractivity contribution is 0.410. The first kappa shape index (κ1) is 14.1. The van der Waals surface area contributed by atoms with Gasteiger partial charge in [0.15, 0.2) is 0 Å². The van der Waals surface area contributed by atoms with Crippen LogP contribution in [0.15, 0.2) is 24.3 Å². The van der Waals surface area contributed by atoms with Gasteiger partial charge in [0, 0.05) is 10.4 Å². The monoisotopic (exact) mass is 302 g/mol. The van der Waals surface area contributed by atoms with Gasteiger partial charge in [-0.05, 0) is 36.3 Å². The predicted octanol–water partition coefficient (Wildman–Crippen LogP) is 5.33. The Balaban J connectivity index is 2.60. The molecule has 1 rings (SSSR count). The van der Waals surface area contributed by atoms with Gasteiger partial charge < -0.3 is 0 Å². The lowest BCUT2D eigenvalue weighted by Gasteiger charge is -2.18. The molecule has 0 aliphatic rings. The molecule has 16 heavy (non-hydrogen) atoms. The Morgan fingerprint density at radius 2 is 2.00 bits per heavy atom. The van der Waals surface area contributed by atoms with E-state index in [1.165, 1.54) is 18.4 Å². The summed E-state index contributed by atoms with van der Waals surface area (Å²) in [5.74, 6) is 1.49. The van der Waals surface area contributed by atoms with E-state index in [1.54, 1.807) is 0 Å². The van der Waals surface area contributed by atoms with Crippen LogP contribution in [0.25, 0.3) is 0 Å². The maximum atomic E-state index is 6.18. The summed E-state index contributed by atoms with van der Waals surface area (Å²) in [6.07, 6.45) is 3.61. The van der Waals surface area contributed by atoms with E-state index >= 15 is 0 Å². The number of hydrogen-bond acceptors (Lipinski definition) is 0. The van der Waals surface area contributed by atoms with Crippen molar-refractivity contribution in [2.75, 3.05) is 5.33 Å². The van der Waals surface area contributed by atoms with Crippen LogP contribution < -0.4 is 0 Å². The molecule has 0 aliphatic carbocycles. The minimum absolute atomic E-state index is 0.690. The molecule has 2 unspecified atom stereocenters. The summed E-state index contributed by atoms with van der Waals surface area (Å²) in [6, 6.07) is 8.17. The number of rotatable bonds is 6. The fraction of sp³-hybridized carbons (Fsp3) is 0.571. The zero-order valence-electron chi connectivity index (χ0n) is 10.0. The molecule has 0 aliphatic heterocycles. The lowest BCUT2D eigenvalue weighted by Crippen LogP contribution is -2.11. The third-order valence-electron chi connectivity index (χ3n) is 3.12. The van der Waals surface area contributed by atoms with Crippen molar-refractivity contribution >= 4 is 27.5 Å². The Bertz CT molecular complexity index is 311. The maximum Gasteiger partial charge on any atom is 0.0438 e. The van der Waals surface area contributed by atoms with Gasteiger partial charge in [-0.1, -0.05) is 66.0 Å². The normalized spacial score (nSPS) is 14.8. The summed E-state index contributed by atoms with van der Waals surface area (Å²) in [7, 11) is 0. The summed E-state index contributed by atoms with van der Waals surface area (Å²) < 4.78 is 0. The molecule has 2 atom stereocenters. The molecule has 0 bridgehead atoms. The van der Waals surface area contributed by atoms with E-state index < -0.39 is 0 Å². The largest absolute Gasteiger partial charge is 0.0925 e. The molecular formula is C14H20BrCl. The third kappa shape index (κ3) is 4.47. The highest BCUT2D eigenvalue weighted by Crippen LogP contribution is 2.24. The smallest absolute Gasteiger partial charge is 0.0438 e. The van der Waals surface area contributed by atoms with Gasteiger partial charge in [0.25, 0.3) is 0 Å². The molecule has 0 amide bonds. The van der Waals surface area contributed by atoms with Crippen molar-refractivity contribution in [3.05, 3.63) is 34.9 Å². The highest BCUT2D eigenvalue weighted by Gasteiger charge is 2.13. The van der Waals surface area contributed by atoms with Crippen LogP contribution in [0, 0.1) is 11.8 Å². The predicted molar refractivity (Wildman–Crippen MR) is 76.5 cm³/mol. The fourth-order valence-electron chi connectivity index (χ4n) is 1.91. The summed E-state index contributed by atoms with van der Waals surface area (Å²) >= 11 is 9.79. The number of benzene rings is 1. The molecule has 0 aromatic heterocycles. The van der Waals surface area contributed by atoms with E-state index in [4.69, 9.17) is 11.6 Å². The van der Waals surface area contributed by atoms with Crippen molar-refractivity contribution in [3.63, 3.8) is 0 Å². The number of hydrogen-bond donors (Lipinski definition) is 0. The molecular weight excluding hydrogens is 284 g/mol. The van der Waals surface area contributed by atoms with Crippen molar-refractivity contribution in [3.8, 4) is 0 Å². The van der Waals surface area contributed by atoms with E-state index in [1.807, 2.05) is 12.1 Å². The summed E-state index contributed by atoms with van der Waals surface area (Å²) in [6.45, 7) is 4.58. The molecule has 0 N–H and O–H groups in total. The van der Waals surface area contributed by atoms with Crippen LogP contribution in [0.1, 0.15) is 32.3 Å². The van der Waals surface area contributed by atoms with Crippen molar-refractivity contribution in [2.45, 2.75) is 33.1 Å². The first-order valence-corrected chi connectivity index (χ1v) is 7.46. The second-order valence-corrected chi connectivity index (χ2v) is 5.62. The van der Waals surface area contributed by atoms with Gasteiger partial charge in [-0.2, -0.15) is 0 Å². The first-order valence-electron chi connectivity index (χ1n) is 5.96. The summed E-state index contributed by atoms with van der Waals surface area (Å²) in [4.78, 5) is 0. The quantitative estimate of drug-likeness (QED) is 0.623. The highest BCUT2D eigenvalue weighted by molar-refractivity contribution is 9.09. The minimum Gasteiger partial charge on any atom is -0.0925 e. The van der Waals surface area contributed by atoms with Crippen LogP contribution in [-0.2, 0) is 6.42 Å². The van der Waals surface area contributed by atoms with Gasteiger partial charge in [-0.25, -0.2) is 0 Å². The average Bonchev–Trinajstić information content (AvgIpc) is 2.30. The fourth-order valence-corrected chi connectivity index (χ4v) is 2.62. The van der Waals surface area contributed by atoms with Gasteiger partial charge in [-0.15, -0.1) is 0 Å². The van der Waals surface area contributed by atoms with Crippen LogP contribution >= 0.6 is 27.5 Å². The highest BCUT2D eigenvalue weighted by atomic mass is 79.9. The molecule has 0 saturated carbocycles. The van der Waals surface area contributed by atoms with E-state index in [0.717, 1.165) is 22.7 Å². The number of halogens is 2. The second kappa shape index (κ2) is 7.34. The van der Waals surface area contributed by atoms with Gasteiger partial charge in [-0.3, -0.25) is 0 Å². The minimum atomic E-state index is 0.690. The molecule has 0 radical (unpaired) electrons. The zero-order valence-corrected chi connectivity index (χ0v) is 12.4. The van der Waals surface area contributed by atoms with Crippen LogP contribution in [0.5, 0.6) is 0 Å². The van der Waals surface area contributed by atoms with E-state index in [2.05, 4.69) is 41.9 Å². The zero-order chi connectivity index (χ0) is 12.0. The average molecular weight is 304 g/mol. The van der Waals surface area contributed by atoms with Gasteiger partial charge in [0.2, 0.25) is 0 Å². The Kier molecular flexibility index (Phi) is 6.45.